The number of rotatable bonds is 2. The van der Waals surface area contributed by atoms with Crippen LogP contribution in [0.4, 0.5) is 0 Å². The summed E-state index contributed by atoms with van der Waals surface area (Å²) in [5.74, 6) is -1.95. The summed E-state index contributed by atoms with van der Waals surface area (Å²) >= 11 is 3.27. The van der Waals surface area contributed by atoms with Crippen molar-refractivity contribution in [3.63, 3.8) is 0 Å². The molecule has 3 nitrogen and oxygen atoms in total. The fourth-order valence-corrected chi connectivity index (χ4v) is 4.80. The maximum atomic E-state index is 12.7. The van der Waals surface area contributed by atoms with E-state index < -0.39 is 17.3 Å². The highest BCUT2D eigenvalue weighted by molar-refractivity contribution is 8.06. The highest BCUT2D eigenvalue weighted by atomic mass is 32.2. The van der Waals surface area contributed by atoms with Crippen molar-refractivity contribution in [2.24, 2.45) is 0 Å². The maximum Gasteiger partial charge on any atom is 0.232 e. The molecule has 1 aliphatic heterocycles. The van der Waals surface area contributed by atoms with Crippen molar-refractivity contribution in [1.82, 2.24) is 0 Å². The van der Waals surface area contributed by atoms with Crippen molar-refractivity contribution in [3.05, 3.63) is 78.0 Å². The molecule has 132 valence electrons. The summed E-state index contributed by atoms with van der Waals surface area (Å²) in [6, 6.07) is 3.81. The molecule has 5 heteroatoms. The van der Waals surface area contributed by atoms with E-state index in [0.717, 1.165) is 30.7 Å². The first-order chi connectivity index (χ1) is 12.2. The second-order valence-corrected chi connectivity index (χ2v) is 9.31. The summed E-state index contributed by atoms with van der Waals surface area (Å²) in [6.45, 7) is 7.87. The molecule has 0 spiro atoms. The van der Waals surface area contributed by atoms with Gasteiger partial charge in [0.2, 0.25) is 32.7 Å². The molecule has 0 amide bonds. The SMILES string of the molecule is CC1=CC(=CC2=C([O-])/C(=C/c3cc(C)[s+]c(C)c3)C(=O)C2=O)C=C(C)S1. The number of ketones is 2. The van der Waals surface area contributed by atoms with Gasteiger partial charge in [-0.3, -0.25) is 9.59 Å². The van der Waals surface area contributed by atoms with Gasteiger partial charge in [0.1, 0.15) is 0 Å². The van der Waals surface area contributed by atoms with Gasteiger partial charge in [-0.05, 0) is 59.1 Å². The monoisotopic (exact) mass is 382 g/mol. The minimum Gasteiger partial charge on any atom is -0.871 e. The van der Waals surface area contributed by atoms with Crippen LogP contribution in [0.3, 0.4) is 0 Å². The number of hydrogen-bond donors (Lipinski definition) is 0. The van der Waals surface area contributed by atoms with Crippen LogP contribution in [0.2, 0.25) is 0 Å². The van der Waals surface area contributed by atoms with E-state index in [9.17, 15) is 14.7 Å². The Morgan fingerprint density at radius 2 is 1.50 bits per heavy atom. The molecule has 0 unspecified atom stereocenters. The molecule has 0 fully saturated rings. The zero-order valence-electron chi connectivity index (χ0n) is 15.0. The normalized spacial score (nSPS) is 19.2. The molecule has 1 aromatic rings. The third-order valence-corrected chi connectivity index (χ3v) is 5.69. The van der Waals surface area contributed by atoms with Gasteiger partial charge in [-0.2, -0.15) is 0 Å². The zero-order chi connectivity index (χ0) is 19.0. The van der Waals surface area contributed by atoms with E-state index in [2.05, 4.69) is 0 Å². The van der Waals surface area contributed by atoms with Gasteiger partial charge in [-0.1, -0.05) is 17.5 Å². The van der Waals surface area contributed by atoms with Crippen molar-refractivity contribution in [1.29, 1.82) is 0 Å². The van der Waals surface area contributed by atoms with E-state index >= 15 is 0 Å². The number of aryl methyl sites for hydroxylation is 2. The number of allylic oxidation sites excluding steroid dienone is 8. The van der Waals surface area contributed by atoms with Crippen LogP contribution in [0.15, 0.2) is 62.6 Å². The van der Waals surface area contributed by atoms with Gasteiger partial charge in [0.25, 0.3) is 0 Å². The van der Waals surface area contributed by atoms with Gasteiger partial charge in [0.05, 0.1) is 0 Å². The van der Waals surface area contributed by atoms with Gasteiger partial charge in [-0.15, -0.1) is 0 Å². The van der Waals surface area contributed by atoms with Gasteiger partial charge >= 0.3 is 0 Å². The molecular formula is C21H18O3S2. The van der Waals surface area contributed by atoms with Gasteiger partial charge in [-0.25, -0.2) is 0 Å². The first-order valence-corrected chi connectivity index (χ1v) is 9.78. The standard InChI is InChI=1S/C21H18O3S2/c1-11-5-15(6-12(2)25-11)9-17-19(22)18(21(24)20(17)23)10-16-7-13(3)26-14(4)8-16/h5-10H,1-4H3. The van der Waals surface area contributed by atoms with Crippen LogP contribution >= 0.6 is 23.1 Å². The lowest BCUT2D eigenvalue weighted by atomic mass is 10.1. The predicted molar refractivity (Wildman–Crippen MR) is 106 cm³/mol. The van der Waals surface area contributed by atoms with Crippen LogP contribution in [0, 0.1) is 13.8 Å². The third-order valence-electron chi connectivity index (χ3n) is 3.93. The van der Waals surface area contributed by atoms with Crippen molar-refractivity contribution in [3.8, 4) is 0 Å². The molecule has 0 bridgehead atoms. The number of carbonyl (C=O) groups excluding carboxylic acids is 2. The number of Topliss-reactive ketones (excluding diaryl/α,β-unsaturated/α-hetero) is 2. The van der Waals surface area contributed by atoms with Gasteiger partial charge in [0, 0.05) is 37.1 Å². The van der Waals surface area contributed by atoms with Gasteiger partial charge < -0.3 is 5.11 Å². The average molecular weight is 383 g/mol. The molecule has 1 aliphatic carbocycles. The lowest BCUT2D eigenvalue weighted by Crippen LogP contribution is -2.10. The lowest BCUT2D eigenvalue weighted by Gasteiger charge is -2.12. The average Bonchev–Trinajstić information content (AvgIpc) is 2.71. The van der Waals surface area contributed by atoms with E-state index in [1.165, 1.54) is 12.2 Å². The quantitative estimate of drug-likeness (QED) is 0.435. The first kappa shape index (κ1) is 18.5. The highest BCUT2D eigenvalue weighted by Gasteiger charge is 2.30. The van der Waals surface area contributed by atoms with Crippen LogP contribution in [-0.4, -0.2) is 11.6 Å². The highest BCUT2D eigenvalue weighted by Crippen LogP contribution is 2.33. The molecule has 0 aromatic carbocycles. The molecule has 0 atom stereocenters. The lowest BCUT2D eigenvalue weighted by molar-refractivity contribution is -0.296. The van der Waals surface area contributed by atoms with Crippen LogP contribution in [0.5, 0.6) is 0 Å². The summed E-state index contributed by atoms with van der Waals surface area (Å²) in [6.07, 6.45) is 6.87. The summed E-state index contributed by atoms with van der Waals surface area (Å²) in [4.78, 5) is 29.0. The fraction of sp³-hybridized carbons (Fsp3) is 0.190. The van der Waals surface area contributed by atoms with E-state index in [-0.39, 0.29) is 11.1 Å². The first-order valence-electron chi connectivity index (χ1n) is 8.14. The van der Waals surface area contributed by atoms with E-state index in [4.69, 9.17) is 0 Å². The van der Waals surface area contributed by atoms with Crippen molar-refractivity contribution < 1.29 is 14.7 Å². The maximum absolute atomic E-state index is 12.7. The van der Waals surface area contributed by atoms with Gasteiger partial charge in [0.15, 0.2) is 0 Å². The Kier molecular flexibility index (Phi) is 5.12. The Morgan fingerprint density at radius 3 is 2.08 bits per heavy atom. The summed E-state index contributed by atoms with van der Waals surface area (Å²) < 4.78 is 0. The Hall–Kier alpha value is -2.24. The number of thioether (sulfide) groups is 1. The van der Waals surface area contributed by atoms with Crippen molar-refractivity contribution in [2.45, 2.75) is 27.7 Å². The smallest absolute Gasteiger partial charge is 0.232 e. The van der Waals surface area contributed by atoms with Crippen LogP contribution in [-0.2, 0) is 9.59 Å². The second-order valence-electron chi connectivity index (χ2n) is 6.33. The molecule has 0 N–H and O–H groups in total. The zero-order valence-corrected chi connectivity index (χ0v) is 16.6. The molecule has 26 heavy (non-hydrogen) atoms. The third kappa shape index (κ3) is 3.79. The molecule has 0 radical (unpaired) electrons. The Morgan fingerprint density at radius 1 is 0.923 bits per heavy atom. The minimum absolute atomic E-state index is 0.0524. The Balaban J connectivity index is 2.07. The topological polar surface area (TPSA) is 57.2 Å². The molecule has 0 saturated heterocycles. The summed E-state index contributed by atoms with van der Waals surface area (Å²) in [5.41, 5.74) is 1.42. The summed E-state index contributed by atoms with van der Waals surface area (Å²) in [5, 5.41) is 12.7. The van der Waals surface area contributed by atoms with E-state index in [1.54, 1.807) is 23.1 Å². The van der Waals surface area contributed by atoms with Crippen LogP contribution in [0.1, 0.15) is 29.2 Å². The van der Waals surface area contributed by atoms with Crippen molar-refractivity contribution in [2.75, 3.05) is 0 Å². The summed E-state index contributed by atoms with van der Waals surface area (Å²) in [7, 11) is 0. The Bertz CT molecular complexity index is 948. The fourth-order valence-electron chi connectivity index (χ4n) is 3.01. The largest absolute Gasteiger partial charge is 0.871 e. The second kappa shape index (κ2) is 7.17. The molecule has 0 saturated carbocycles. The number of carbonyl (C=O) groups is 2. The molecule has 1 aromatic heterocycles. The number of hydrogen-bond acceptors (Lipinski definition) is 4. The van der Waals surface area contributed by atoms with E-state index in [1.807, 2.05) is 52.0 Å². The van der Waals surface area contributed by atoms with E-state index in [0.29, 0.717) is 0 Å². The van der Waals surface area contributed by atoms with Crippen molar-refractivity contribution >= 4 is 40.7 Å². The van der Waals surface area contributed by atoms with Crippen LogP contribution < -0.4 is 5.11 Å². The van der Waals surface area contributed by atoms with Crippen LogP contribution in [0.25, 0.3) is 6.08 Å². The molecule has 3 rings (SSSR count). The Labute approximate surface area is 161 Å². The predicted octanol–water partition coefficient (Wildman–Crippen LogP) is 4.28. The molecular weight excluding hydrogens is 364 g/mol. The minimum atomic E-state index is -0.726. The molecule has 2 heterocycles. The molecule has 2 aliphatic rings.